The lowest BCUT2D eigenvalue weighted by molar-refractivity contribution is -0.126. The Morgan fingerprint density at radius 3 is 2.59 bits per heavy atom. The largest absolute Gasteiger partial charge is 0.465 e. The first-order chi connectivity index (χ1) is 10.3. The van der Waals surface area contributed by atoms with E-state index < -0.39 is 18.0 Å². The zero-order chi connectivity index (χ0) is 16.7. The summed E-state index contributed by atoms with van der Waals surface area (Å²) in [7, 11) is 0. The van der Waals surface area contributed by atoms with Gasteiger partial charge in [0, 0.05) is 19.1 Å². The molecule has 3 amide bonds. The molecule has 1 saturated heterocycles. The molecule has 1 fully saturated rings. The van der Waals surface area contributed by atoms with Gasteiger partial charge in [0.15, 0.2) is 0 Å². The number of carboxylic acid groups (broad SMARTS) is 1. The first-order valence-electron chi connectivity index (χ1n) is 7.60. The maximum absolute atomic E-state index is 12.1. The van der Waals surface area contributed by atoms with Gasteiger partial charge in [-0.1, -0.05) is 13.8 Å². The SMILES string of the molecule is CC(C)CC(NCC1CCCN1C(=O)O)C(=O)NCC(N)=O. The Balaban J connectivity index is 2.55. The highest BCUT2D eigenvalue weighted by Gasteiger charge is 2.29. The van der Waals surface area contributed by atoms with Crippen LogP contribution in [0.3, 0.4) is 0 Å². The van der Waals surface area contributed by atoms with Crippen LogP contribution in [0.4, 0.5) is 4.79 Å². The van der Waals surface area contributed by atoms with Crippen LogP contribution in [0.2, 0.25) is 0 Å². The maximum atomic E-state index is 12.1. The Labute approximate surface area is 130 Å². The van der Waals surface area contributed by atoms with Gasteiger partial charge in [0.05, 0.1) is 12.6 Å². The van der Waals surface area contributed by atoms with Crippen LogP contribution < -0.4 is 16.4 Å². The lowest BCUT2D eigenvalue weighted by Crippen LogP contribution is -2.51. The molecule has 0 bridgehead atoms. The van der Waals surface area contributed by atoms with Crippen LogP contribution in [-0.4, -0.2) is 59.6 Å². The standard InChI is InChI=1S/C14H26N4O4/c1-9(2)6-11(13(20)17-8-12(15)19)16-7-10-4-3-5-18(10)14(21)22/h9-11,16H,3-8H2,1-2H3,(H2,15,19)(H,17,20)(H,21,22). The molecule has 0 aromatic rings. The van der Waals surface area contributed by atoms with Crippen molar-refractivity contribution < 1.29 is 19.5 Å². The van der Waals surface area contributed by atoms with Crippen LogP contribution >= 0.6 is 0 Å². The van der Waals surface area contributed by atoms with Crippen LogP contribution in [0, 0.1) is 5.92 Å². The van der Waals surface area contributed by atoms with Crippen molar-refractivity contribution >= 4 is 17.9 Å². The lowest BCUT2D eigenvalue weighted by Gasteiger charge is -2.25. The number of primary amides is 1. The molecule has 2 atom stereocenters. The first-order valence-corrected chi connectivity index (χ1v) is 7.60. The quantitative estimate of drug-likeness (QED) is 0.491. The van der Waals surface area contributed by atoms with E-state index in [1.807, 2.05) is 13.8 Å². The molecule has 22 heavy (non-hydrogen) atoms. The minimum atomic E-state index is -0.928. The molecule has 5 N–H and O–H groups in total. The van der Waals surface area contributed by atoms with Gasteiger partial charge in [-0.15, -0.1) is 0 Å². The van der Waals surface area contributed by atoms with E-state index in [2.05, 4.69) is 10.6 Å². The summed E-state index contributed by atoms with van der Waals surface area (Å²) in [6, 6.07) is -0.577. The van der Waals surface area contributed by atoms with Crippen molar-refractivity contribution in [3.8, 4) is 0 Å². The fourth-order valence-corrected chi connectivity index (χ4v) is 2.63. The van der Waals surface area contributed by atoms with Crippen LogP contribution in [-0.2, 0) is 9.59 Å². The number of carbonyl (C=O) groups excluding carboxylic acids is 2. The number of amides is 3. The molecule has 0 spiro atoms. The first kappa shape index (κ1) is 18.2. The number of rotatable bonds is 8. The average Bonchev–Trinajstić information content (AvgIpc) is 2.88. The molecule has 8 heteroatoms. The van der Waals surface area contributed by atoms with Gasteiger partial charge in [0.1, 0.15) is 0 Å². The molecule has 1 aliphatic heterocycles. The summed E-state index contributed by atoms with van der Waals surface area (Å²) in [6.45, 7) is 4.75. The molecule has 1 aliphatic rings. The zero-order valence-corrected chi connectivity index (χ0v) is 13.2. The highest BCUT2D eigenvalue weighted by atomic mass is 16.4. The molecule has 0 aromatic heterocycles. The molecule has 126 valence electrons. The summed E-state index contributed by atoms with van der Waals surface area (Å²) in [5.41, 5.74) is 5.02. The number of hydrogen-bond acceptors (Lipinski definition) is 4. The molecule has 0 saturated carbocycles. The van der Waals surface area contributed by atoms with Gasteiger partial charge in [-0.25, -0.2) is 4.79 Å². The Hall–Kier alpha value is -1.83. The number of nitrogens with two attached hydrogens (primary N) is 1. The second kappa shape index (κ2) is 8.57. The van der Waals surface area contributed by atoms with E-state index in [0.29, 0.717) is 19.5 Å². The van der Waals surface area contributed by atoms with Crippen molar-refractivity contribution in [2.45, 2.75) is 45.2 Å². The third-order valence-electron chi connectivity index (χ3n) is 3.68. The highest BCUT2D eigenvalue weighted by Crippen LogP contribution is 2.17. The van der Waals surface area contributed by atoms with Crippen LogP contribution in [0.1, 0.15) is 33.1 Å². The summed E-state index contributed by atoms with van der Waals surface area (Å²) in [5.74, 6) is -0.590. The van der Waals surface area contributed by atoms with Crippen LogP contribution in [0.15, 0.2) is 0 Å². The van der Waals surface area contributed by atoms with Crippen molar-refractivity contribution in [2.75, 3.05) is 19.6 Å². The molecular weight excluding hydrogens is 288 g/mol. The van der Waals surface area contributed by atoms with Gasteiger partial charge in [-0.2, -0.15) is 0 Å². The molecule has 1 rings (SSSR count). The third-order valence-corrected chi connectivity index (χ3v) is 3.68. The summed E-state index contributed by atoms with van der Waals surface area (Å²) >= 11 is 0. The number of likely N-dealkylation sites (tertiary alicyclic amines) is 1. The number of hydrogen-bond donors (Lipinski definition) is 4. The second-order valence-electron chi connectivity index (χ2n) is 6.05. The fraction of sp³-hybridized carbons (Fsp3) is 0.786. The van der Waals surface area contributed by atoms with Gasteiger partial charge in [-0.3, -0.25) is 9.59 Å². The Bertz CT molecular complexity index is 414. The van der Waals surface area contributed by atoms with Gasteiger partial charge in [0.2, 0.25) is 11.8 Å². The minimum Gasteiger partial charge on any atom is -0.465 e. The summed E-state index contributed by atoms with van der Waals surface area (Å²) in [4.78, 5) is 35.4. The third kappa shape index (κ3) is 5.88. The predicted molar refractivity (Wildman–Crippen MR) is 81.2 cm³/mol. The van der Waals surface area contributed by atoms with Crippen molar-refractivity contribution in [1.29, 1.82) is 0 Å². The van der Waals surface area contributed by atoms with E-state index in [1.54, 1.807) is 0 Å². The van der Waals surface area contributed by atoms with Crippen molar-refractivity contribution in [2.24, 2.45) is 11.7 Å². The van der Waals surface area contributed by atoms with Crippen molar-refractivity contribution in [3.05, 3.63) is 0 Å². The van der Waals surface area contributed by atoms with Gasteiger partial charge in [-0.05, 0) is 25.2 Å². The Morgan fingerprint density at radius 2 is 2.05 bits per heavy atom. The molecule has 1 heterocycles. The number of carbonyl (C=O) groups is 3. The smallest absolute Gasteiger partial charge is 0.407 e. The van der Waals surface area contributed by atoms with E-state index in [0.717, 1.165) is 12.8 Å². The highest BCUT2D eigenvalue weighted by molar-refractivity contribution is 5.86. The molecule has 8 nitrogen and oxygen atoms in total. The van der Waals surface area contributed by atoms with E-state index in [-0.39, 0.29) is 24.4 Å². The molecular formula is C14H26N4O4. The Morgan fingerprint density at radius 1 is 1.36 bits per heavy atom. The fourth-order valence-electron chi connectivity index (χ4n) is 2.63. The number of nitrogens with zero attached hydrogens (tertiary/aromatic N) is 1. The van der Waals surface area contributed by atoms with Gasteiger partial charge >= 0.3 is 6.09 Å². The normalized spacial score (nSPS) is 19.2. The minimum absolute atomic E-state index is 0.115. The number of nitrogens with one attached hydrogen (secondary N) is 2. The van der Waals surface area contributed by atoms with Gasteiger partial charge < -0.3 is 26.4 Å². The Kier molecular flexibility index (Phi) is 7.10. The van der Waals surface area contributed by atoms with Crippen molar-refractivity contribution in [3.63, 3.8) is 0 Å². The van der Waals surface area contributed by atoms with E-state index in [9.17, 15) is 14.4 Å². The maximum Gasteiger partial charge on any atom is 0.407 e. The molecule has 2 unspecified atom stereocenters. The van der Waals surface area contributed by atoms with E-state index in [1.165, 1.54) is 4.90 Å². The molecule has 0 aliphatic carbocycles. The van der Waals surface area contributed by atoms with Crippen LogP contribution in [0.25, 0.3) is 0 Å². The van der Waals surface area contributed by atoms with Crippen LogP contribution in [0.5, 0.6) is 0 Å². The molecule has 0 aromatic carbocycles. The summed E-state index contributed by atoms with van der Waals surface area (Å²) in [6.07, 6.45) is 1.30. The zero-order valence-electron chi connectivity index (χ0n) is 13.2. The van der Waals surface area contributed by atoms with E-state index in [4.69, 9.17) is 10.8 Å². The monoisotopic (exact) mass is 314 g/mol. The summed E-state index contributed by atoms with van der Waals surface area (Å²) in [5, 5.41) is 14.7. The summed E-state index contributed by atoms with van der Waals surface area (Å²) < 4.78 is 0. The predicted octanol–water partition coefficient (Wildman–Crippen LogP) is -0.265. The topological polar surface area (TPSA) is 125 Å². The van der Waals surface area contributed by atoms with Crippen molar-refractivity contribution in [1.82, 2.24) is 15.5 Å². The van der Waals surface area contributed by atoms with E-state index >= 15 is 0 Å². The second-order valence-corrected chi connectivity index (χ2v) is 6.05. The average molecular weight is 314 g/mol. The molecule has 0 radical (unpaired) electrons. The lowest BCUT2D eigenvalue weighted by atomic mass is 10.0. The van der Waals surface area contributed by atoms with Gasteiger partial charge in [0.25, 0.3) is 0 Å².